The van der Waals surface area contributed by atoms with E-state index in [1.165, 1.54) is 21.5 Å². The van der Waals surface area contributed by atoms with Crippen LogP contribution in [0.5, 0.6) is 5.75 Å². The Balaban J connectivity index is 1.35. The molecule has 264 valence electrons. The number of carbonyl (C=O) groups is 2. The van der Waals surface area contributed by atoms with Crippen molar-refractivity contribution < 1.29 is 27.9 Å². The van der Waals surface area contributed by atoms with Crippen LogP contribution in [0, 0.1) is 5.92 Å². The van der Waals surface area contributed by atoms with Crippen LogP contribution in [0.4, 0.5) is 19.0 Å². The molecular weight excluding hydrogens is 724 g/mol. The molecule has 3 aliphatic rings. The first-order valence-electron chi connectivity index (χ1n) is 15.9. The summed E-state index contributed by atoms with van der Waals surface area (Å²) in [6, 6.07) is 20.6. The Morgan fingerprint density at radius 1 is 0.904 bits per heavy atom. The molecule has 2 N–H and O–H groups in total. The van der Waals surface area contributed by atoms with E-state index >= 15 is 4.79 Å². The lowest BCUT2D eigenvalue weighted by atomic mass is 9.53. The van der Waals surface area contributed by atoms with Crippen LogP contribution >= 0.6 is 23.2 Å². The molecule has 8 rings (SSSR count). The van der Waals surface area contributed by atoms with E-state index in [2.05, 4.69) is 10.4 Å². The van der Waals surface area contributed by atoms with E-state index in [4.69, 9.17) is 23.2 Å². The number of para-hydroxylation sites is 1. The third-order valence-corrected chi connectivity index (χ3v) is 10.6. The van der Waals surface area contributed by atoms with Gasteiger partial charge in [0.1, 0.15) is 5.75 Å². The van der Waals surface area contributed by atoms with Crippen molar-refractivity contribution in [3.63, 3.8) is 0 Å². The molecule has 5 aromatic rings. The van der Waals surface area contributed by atoms with Crippen molar-refractivity contribution in [2.75, 3.05) is 5.43 Å². The first kappa shape index (κ1) is 33.5. The Kier molecular flexibility index (Phi) is 7.73. The van der Waals surface area contributed by atoms with Crippen molar-refractivity contribution >= 4 is 40.8 Å². The van der Waals surface area contributed by atoms with Gasteiger partial charge in [0.2, 0.25) is 0 Å². The predicted molar refractivity (Wildman–Crippen MR) is 183 cm³/mol. The molecule has 4 atom stereocenters. The quantitative estimate of drug-likeness (QED) is 0.171. The molecule has 1 saturated heterocycles. The highest BCUT2D eigenvalue weighted by atomic mass is 35.5. The Morgan fingerprint density at radius 3 is 2.31 bits per heavy atom. The molecule has 4 heterocycles. The number of halogens is 5. The number of nitrogens with zero attached hydrogens (tertiary/aromatic N) is 5. The average molecular weight is 750 g/mol. The second-order valence-electron chi connectivity index (χ2n) is 12.7. The van der Waals surface area contributed by atoms with E-state index < -0.39 is 63.2 Å². The number of phenolic OH excluding ortho intramolecular Hbond substituents is 1. The summed E-state index contributed by atoms with van der Waals surface area (Å²) in [5.41, 5.74) is 0.118. The highest BCUT2D eigenvalue weighted by Crippen LogP contribution is 2.62. The Labute approximate surface area is 301 Å². The number of nitrogens with one attached hydrogen (secondary N) is 1. The van der Waals surface area contributed by atoms with Gasteiger partial charge in [0.15, 0.2) is 5.82 Å². The number of hydrazine groups is 1. The number of imide groups is 1. The molecule has 16 heteroatoms. The first-order valence-corrected chi connectivity index (χ1v) is 16.7. The van der Waals surface area contributed by atoms with Crippen molar-refractivity contribution in [1.29, 1.82) is 0 Å². The molecule has 2 fully saturated rings. The lowest BCUT2D eigenvalue weighted by Crippen LogP contribution is -2.53. The lowest BCUT2D eigenvalue weighted by Gasteiger charge is -2.49. The van der Waals surface area contributed by atoms with Crippen molar-refractivity contribution in [2.24, 2.45) is 5.92 Å². The molecular formula is C36H25Cl2F3N6O5. The van der Waals surface area contributed by atoms with Crippen molar-refractivity contribution in [3.8, 4) is 11.4 Å². The summed E-state index contributed by atoms with van der Waals surface area (Å²) in [5.74, 6) is -4.32. The number of aromatic nitrogens is 4. The number of hydrogen-bond donors (Lipinski definition) is 2. The number of fused-ring (bicyclic) bond motifs is 4. The number of allylic oxidation sites excluding steroid dienone is 2. The third kappa shape index (κ3) is 4.92. The number of amides is 2. The van der Waals surface area contributed by atoms with Gasteiger partial charge in [-0.1, -0.05) is 71.7 Å². The van der Waals surface area contributed by atoms with Gasteiger partial charge in [0, 0.05) is 17.1 Å². The molecule has 2 aliphatic heterocycles. The van der Waals surface area contributed by atoms with Crippen LogP contribution in [-0.2, 0) is 27.7 Å². The molecule has 0 unspecified atom stereocenters. The Morgan fingerprint density at radius 2 is 1.63 bits per heavy atom. The standard InChI is InChI=1S/C36H25Cl2F3N6O5/c37-22-11-9-20(10-12-22)35-26(31(49)46(32(35)50)43-30-27(38)16-21(18-42-30)36(39,40)41)17-28-25(29(35)19-5-4-8-24(48)15-19)13-14-44-33(51)45(34(52)47(28)44)23-6-2-1-3-7-23/h1-13,15-16,18,26,28-29,48H,14,17H2,(H,42,43)/t26-,28+,29-,35+/m0/s1. The van der Waals surface area contributed by atoms with Crippen molar-refractivity contribution in [1.82, 2.24) is 23.9 Å². The molecule has 0 radical (unpaired) electrons. The zero-order valence-electron chi connectivity index (χ0n) is 26.6. The summed E-state index contributed by atoms with van der Waals surface area (Å²) in [6.07, 6.45) is -2.61. The molecule has 11 nitrogen and oxygen atoms in total. The van der Waals surface area contributed by atoms with Crippen LogP contribution in [0.25, 0.3) is 5.69 Å². The van der Waals surface area contributed by atoms with Gasteiger partial charge >= 0.3 is 17.6 Å². The molecule has 0 bridgehead atoms. The zero-order chi connectivity index (χ0) is 36.7. The summed E-state index contributed by atoms with van der Waals surface area (Å²) in [6.45, 7) is -0.0500. The van der Waals surface area contributed by atoms with Gasteiger partial charge < -0.3 is 5.11 Å². The van der Waals surface area contributed by atoms with Crippen LogP contribution in [0.15, 0.2) is 112 Å². The zero-order valence-corrected chi connectivity index (χ0v) is 28.1. The van der Waals surface area contributed by atoms with Gasteiger partial charge in [0.05, 0.1) is 40.2 Å². The maximum atomic E-state index is 15.1. The molecule has 1 saturated carbocycles. The molecule has 1 aliphatic carbocycles. The van der Waals surface area contributed by atoms with Crippen LogP contribution in [0.1, 0.15) is 35.1 Å². The van der Waals surface area contributed by atoms with Crippen molar-refractivity contribution in [2.45, 2.75) is 36.5 Å². The van der Waals surface area contributed by atoms with Crippen LogP contribution < -0.4 is 16.8 Å². The highest BCUT2D eigenvalue weighted by Gasteiger charge is 2.69. The minimum absolute atomic E-state index is 0.0500. The minimum atomic E-state index is -4.75. The van der Waals surface area contributed by atoms with E-state index in [9.17, 15) is 32.7 Å². The number of phenols is 1. The monoisotopic (exact) mass is 748 g/mol. The summed E-state index contributed by atoms with van der Waals surface area (Å²) < 4.78 is 43.9. The van der Waals surface area contributed by atoms with Crippen LogP contribution in [-0.4, -0.2) is 40.8 Å². The number of hydrogen-bond acceptors (Lipinski definition) is 7. The van der Waals surface area contributed by atoms with Gasteiger partial charge in [0.25, 0.3) is 11.8 Å². The van der Waals surface area contributed by atoms with Crippen molar-refractivity contribution in [3.05, 3.63) is 150 Å². The SMILES string of the molecule is O=C1[C@@H]2C[C@@H]3C(=CCn4c(=O)n(-c5ccccc5)c(=O)n43)[C@H](c3cccc(O)c3)[C@]2(c2ccc(Cl)cc2)C(=O)N1Nc1ncc(C(F)(F)F)cc1Cl. The van der Waals surface area contributed by atoms with E-state index in [0.717, 1.165) is 4.57 Å². The predicted octanol–water partition coefficient (Wildman–Crippen LogP) is 5.85. The van der Waals surface area contributed by atoms with Gasteiger partial charge in [-0.2, -0.15) is 18.2 Å². The molecule has 52 heavy (non-hydrogen) atoms. The maximum absolute atomic E-state index is 15.1. The average Bonchev–Trinajstić information content (AvgIpc) is 3.50. The maximum Gasteiger partial charge on any atom is 0.417 e. The van der Waals surface area contributed by atoms with Crippen LogP contribution in [0.2, 0.25) is 10.0 Å². The third-order valence-electron chi connectivity index (χ3n) is 10.0. The van der Waals surface area contributed by atoms with Gasteiger partial charge in [-0.25, -0.2) is 28.5 Å². The number of rotatable bonds is 5. The largest absolute Gasteiger partial charge is 0.508 e. The summed E-state index contributed by atoms with van der Waals surface area (Å²) in [5, 5.41) is 11.2. The topological polar surface area (TPSA) is 131 Å². The summed E-state index contributed by atoms with van der Waals surface area (Å²) >= 11 is 12.5. The number of benzene rings is 3. The number of carbonyl (C=O) groups excluding carboxylic acids is 2. The van der Waals surface area contributed by atoms with E-state index in [1.54, 1.807) is 72.8 Å². The van der Waals surface area contributed by atoms with Gasteiger partial charge in [-0.05, 0) is 65.6 Å². The fourth-order valence-corrected chi connectivity index (χ4v) is 8.26. The number of anilines is 1. The van der Waals surface area contributed by atoms with Crippen LogP contribution in [0.3, 0.4) is 0 Å². The fourth-order valence-electron chi connectivity index (χ4n) is 7.92. The molecule has 2 aromatic heterocycles. The second kappa shape index (κ2) is 12.0. The van der Waals surface area contributed by atoms with E-state index in [1.807, 2.05) is 0 Å². The van der Waals surface area contributed by atoms with E-state index in [-0.39, 0.29) is 24.5 Å². The fraction of sp³-hybridized carbons (Fsp3) is 0.194. The van der Waals surface area contributed by atoms with Gasteiger partial charge in [-0.15, -0.1) is 0 Å². The second-order valence-corrected chi connectivity index (χ2v) is 13.6. The molecule has 0 spiro atoms. The Hall–Kier alpha value is -5.60. The molecule has 2 amide bonds. The summed E-state index contributed by atoms with van der Waals surface area (Å²) in [4.78, 5) is 61.5. The summed E-state index contributed by atoms with van der Waals surface area (Å²) in [7, 11) is 0. The molecule has 3 aromatic carbocycles. The normalized spacial score (nSPS) is 22.4. The highest BCUT2D eigenvalue weighted by molar-refractivity contribution is 6.33. The smallest absolute Gasteiger partial charge is 0.417 e. The lowest BCUT2D eigenvalue weighted by molar-refractivity contribution is -0.139. The number of alkyl halides is 3. The number of pyridine rings is 1. The Bertz CT molecular complexity index is 2440. The van der Waals surface area contributed by atoms with Gasteiger partial charge in [-0.3, -0.25) is 15.0 Å². The van der Waals surface area contributed by atoms with E-state index in [0.29, 0.717) is 44.7 Å². The minimum Gasteiger partial charge on any atom is -0.508 e. The first-order chi connectivity index (χ1) is 24.8. The number of aromatic hydroxyl groups is 1.